The SMILES string of the molecule is COc1ccc([C@H]2CCCN2Cc2cc(=O)oc3c(C)c(C)ccc23)c(OC)c1. The van der Waals surface area contributed by atoms with E-state index in [0.717, 1.165) is 58.5 Å². The van der Waals surface area contributed by atoms with Crippen LogP contribution < -0.4 is 15.1 Å². The van der Waals surface area contributed by atoms with Gasteiger partial charge in [0.2, 0.25) is 0 Å². The zero-order chi connectivity index (χ0) is 20.5. The van der Waals surface area contributed by atoms with Gasteiger partial charge in [0, 0.05) is 35.7 Å². The Morgan fingerprint density at radius 2 is 1.93 bits per heavy atom. The Hall–Kier alpha value is -2.79. The summed E-state index contributed by atoms with van der Waals surface area (Å²) in [5.41, 5.74) is 4.73. The van der Waals surface area contributed by atoms with Crippen LogP contribution in [0.25, 0.3) is 11.0 Å². The van der Waals surface area contributed by atoms with Crippen LogP contribution in [-0.2, 0) is 6.54 Å². The van der Waals surface area contributed by atoms with Gasteiger partial charge < -0.3 is 13.9 Å². The minimum absolute atomic E-state index is 0.240. The molecule has 5 nitrogen and oxygen atoms in total. The second-order valence-corrected chi connectivity index (χ2v) is 7.71. The highest BCUT2D eigenvalue weighted by atomic mass is 16.5. The molecule has 0 amide bonds. The Morgan fingerprint density at radius 3 is 2.69 bits per heavy atom. The standard InChI is InChI=1S/C24H27NO4/c1-15-7-9-19-17(12-23(26)29-24(19)16(15)2)14-25-11-5-6-21(25)20-10-8-18(27-3)13-22(20)28-4/h7-10,12-13,21H,5-6,11,14H2,1-4H3/t21-/m1/s1. The third kappa shape index (κ3) is 3.62. The minimum Gasteiger partial charge on any atom is -0.497 e. The highest BCUT2D eigenvalue weighted by Crippen LogP contribution is 2.39. The lowest BCUT2D eigenvalue weighted by Crippen LogP contribution is -2.24. The molecule has 1 aromatic heterocycles. The normalized spacial score (nSPS) is 17.0. The van der Waals surface area contributed by atoms with Gasteiger partial charge in [-0.3, -0.25) is 4.90 Å². The third-order valence-corrected chi connectivity index (χ3v) is 6.05. The number of aryl methyl sites for hydroxylation is 2. The first-order valence-corrected chi connectivity index (χ1v) is 10.0. The molecule has 0 saturated carbocycles. The van der Waals surface area contributed by atoms with Gasteiger partial charge in [-0.1, -0.05) is 18.2 Å². The lowest BCUT2D eigenvalue weighted by atomic mass is 10.0. The number of ether oxygens (including phenoxy) is 2. The molecule has 2 aromatic carbocycles. The Kier molecular flexibility index (Phi) is 5.33. The molecule has 0 unspecified atom stereocenters. The van der Waals surface area contributed by atoms with Crippen molar-refractivity contribution in [2.75, 3.05) is 20.8 Å². The molecule has 1 aliphatic rings. The molecule has 29 heavy (non-hydrogen) atoms. The second-order valence-electron chi connectivity index (χ2n) is 7.71. The summed E-state index contributed by atoms with van der Waals surface area (Å²) >= 11 is 0. The van der Waals surface area contributed by atoms with E-state index >= 15 is 0 Å². The Morgan fingerprint density at radius 1 is 1.10 bits per heavy atom. The van der Waals surface area contributed by atoms with Gasteiger partial charge in [-0.25, -0.2) is 4.79 Å². The molecule has 1 atom stereocenters. The second kappa shape index (κ2) is 7.91. The van der Waals surface area contributed by atoms with Crippen LogP contribution in [0, 0.1) is 13.8 Å². The van der Waals surface area contributed by atoms with Crippen LogP contribution in [0.3, 0.4) is 0 Å². The summed E-state index contributed by atoms with van der Waals surface area (Å²) in [7, 11) is 3.35. The van der Waals surface area contributed by atoms with Crippen molar-refractivity contribution in [1.82, 2.24) is 4.90 Å². The molecular weight excluding hydrogens is 366 g/mol. The van der Waals surface area contributed by atoms with Crippen molar-refractivity contribution in [3.8, 4) is 11.5 Å². The smallest absolute Gasteiger partial charge is 0.336 e. The van der Waals surface area contributed by atoms with Crippen LogP contribution in [0.5, 0.6) is 11.5 Å². The summed E-state index contributed by atoms with van der Waals surface area (Å²) < 4.78 is 16.5. The fourth-order valence-corrected chi connectivity index (χ4v) is 4.34. The van der Waals surface area contributed by atoms with Crippen molar-refractivity contribution in [3.63, 3.8) is 0 Å². The monoisotopic (exact) mass is 393 g/mol. The van der Waals surface area contributed by atoms with Gasteiger partial charge in [-0.05, 0) is 56.0 Å². The van der Waals surface area contributed by atoms with E-state index < -0.39 is 0 Å². The number of methoxy groups -OCH3 is 2. The first kappa shape index (κ1) is 19.5. The van der Waals surface area contributed by atoms with E-state index in [1.165, 1.54) is 0 Å². The van der Waals surface area contributed by atoms with Crippen LogP contribution >= 0.6 is 0 Å². The summed E-state index contributed by atoms with van der Waals surface area (Å²) in [5.74, 6) is 1.62. The van der Waals surface area contributed by atoms with E-state index in [9.17, 15) is 4.79 Å². The summed E-state index contributed by atoms with van der Waals surface area (Å²) in [6.45, 7) is 5.72. The van der Waals surface area contributed by atoms with Crippen molar-refractivity contribution < 1.29 is 13.9 Å². The van der Waals surface area contributed by atoms with Crippen LogP contribution in [0.15, 0.2) is 45.6 Å². The van der Waals surface area contributed by atoms with E-state index in [0.29, 0.717) is 12.1 Å². The van der Waals surface area contributed by atoms with Gasteiger partial charge in [-0.15, -0.1) is 0 Å². The quantitative estimate of drug-likeness (QED) is 0.585. The number of fused-ring (bicyclic) bond motifs is 1. The van der Waals surface area contributed by atoms with Gasteiger partial charge in [0.25, 0.3) is 0 Å². The van der Waals surface area contributed by atoms with E-state index in [-0.39, 0.29) is 11.7 Å². The highest BCUT2D eigenvalue weighted by molar-refractivity contribution is 5.83. The number of likely N-dealkylation sites (tertiary alicyclic amines) is 1. The van der Waals surface area contributed by atoms with Gasteiger partial charge in [0.1, 0.15) is 17.1 Å². The topological polar surface area (TPSA) is 51.9 Å². The van der Waals surface area contributed by atoms with E-state index in [1.807, 2.05) is 26.0 Å². The molecule has 152 valence electrons. The van der Waals surface area contributed by atoms with Gasteiger partial charge in [0.05, 0.1) is 14.2 Å². The molecule has 0 radical (unpaired) electrons. The number of rotatable bonds is 5. The fraction of sp³-hybridized carbons (Fsp3) is 0.375. The molecule has 0 aliphatic carbocycles. The van der Waals surface area contributed by atoms with Crippen molar-refractivity contribution in [1.29, 1.82) is 0 Å². The Bertz CT molecular complexity index is 1100. The molecule has 5 heteroatoms. The molecule has 1 fully saturated rings. The summed E-state index contributed by atoms with van der Waals surface area (Å²) in [6.07, 6.45) is 2.16. The molecule has 2 heterocycles. The summed E-state index contributed by atoms with van der Waals surface area (Å²) in [5, 5.41) is 1.01. The van der Waals surface area contributed by atoms with Gasteiger partial charge >= 0.3 is 5.63 Å². The van der Waals surface area contributed by atoms with Crippen LogP contribution in [0.1, 0.15) is 41.1 Å². The maximum Gasteiger partial charge on any atom is 0.336 e. The van der Waals surface area contributed by atoms with Crippen molar-refractivity contribution in [3.05, 3.63) is 69.1 Å². The average Bonchev–Trinajstić information content (AvgIpc) is 3.18. The van der Waals surface area contributed by atoms with E-state index in [4.69, 9.17) is 13.9 Å². The summed E-state index contributed by atoms with van der Waals surface area (Å²) in [6, 6.07) is 12.0. The van der Waals surface area contributed by atoms with Crippen molar-refractivity contribution in [2.24, 2.45) is 0 Å². The third-order valence-electron chi connectivity index (χ3n) is 6.05. The molecule has 0 bridgehead atoms. The van der Waals surface area contributed by atoms with Crippen LogP contribution in [0.2, 0.25) is 0 Å². The molecular formula is C24H27NO4. The fourth-order valence-electron chi connectivity index (χ4n) is 4.34. The molecule has 4 rings (SSSR count). The van der Waals surface area contributed by atoms with Crippen LogP contribution in [-0.4, -0.2) is 25.7 Å². The molecule has 0 N–H and O–H groups in total. The molecule has 1 saturated heterocycles. The predicted molar refractivity (Wildman–Crippen MR) is 114 cm³/mol. The van der Waals surface area contributed by atoms with Crippen LogP contribution in [0.4, 0.5) is 0 Å². The highest BCUT2D eigenvalue weighted by Gasteiger charge is 2.29. The summed E-state index contributed by atoms with van der Waals surface area (Å²) in [4.78, 5) is 14.7. The number of benzene rings is 2. The predicted octanol–water partition coefficient (Wildman–Crippen LogP) is 4.76. The zero-order valence-corrected chi connectivity index (χ0v) is 17.5. The minimum atomic E-state index is -0.293. The Labute approximate surface area is 170 Å². The zero-order valence-electron chi connectivity index (χ0n) is 17.5. The lowest BCUT2D eigenvalue weighted by Gasteiger charge is -2.27. The number of hydrogen-bond acceptors (Lipinski definition) is 5. The number of nitrogens with zero attached hydrogens (tertiary/aromatic N) is 1. The van der Waals surface area contributed by atoms with E-state index in [1.54, 1.807) is 20.3 Å². The average molecular weight is 393 g/mol. The first-order chi connectivity index (χ1) is 14.0. The first-order valence-electron chi connectivity index (χ1n) is 10.0. The maximum absolute atomic E-state index is 12.2. The van der Waals surface area contributed by atoms with Gasteiger partial charge in [0.15, 0.2) is 0 Å². The largest absolute Gasteiger partial charge is 0.497 e. The van der Waals surface area contributed by atoms with Crippen molar-refractivity contribution in [2.45, 2.75) is 39.3 Å². The molecule has 0 spiro atoms. The number of hydrogen-bond donors (Lipinski definition) is 0. The molecule has 3 aromatic rings. The van der Waals surface area contributed by atoms with Gasteiger partial charge in [-0.2, -0.15) is 0 Å². The van der Waals surface area contributed by atoms with E-state index in [2.05, 4.69) is 23.1 Å². The maximum atomic E-state index is 12.2. The Balaban J connectivity index is 1.72. The lowest BCUT2D eigenvalue weighted by molar-refractivity contribution is 0.243. The van der Waals surface area contributed by atoms with Crippen molar-refractivity contribution >= 4 is 11.0 Å². The molecule has 1 aliphatic heterocycles.